The zero-order valence-corrected chi connectivity index (χ0v) is 38.8. The van der Waals surface area contributed by atoms with Gasteiger partial charge in [-0.3, -0.25) is 4.79 Å². The zero-order valence-electron chi connectivity index (χ0n) is 38.8. The van der Waals surface area contributed by atoms with Gasteiger partial charge in [-0.05, 0) is 81.7 Å². The summed E-state index contributed by atoms with van der Waals surface area (Å²) in [6, 6.07) is 4.13. The Labute approximate surface area is 407 Å². The molecular weight excluding hydrogens is 935 g/mol. The lowest BCUT2D eigenvalue weighted by atomic mass is 9.94. The Morgan fingerprint density at radius 1 is 0.887 bits per heavy atom. The number of hydrogen-bond acceptors (Lipinski definition) is 17. The largest absolute Gasteiger partial charge is 0.462 e. The second-order valence-electron chi connectivity index (χ2n) is 16.9. The van der Waals surface area contributed by atoms with E-state index in [1.807, 2.05) is 0 Å². The summed E-state index contributed by atoms with van der Waals surface area (Å²) in [6.07, 6.45) is -5.14. The minimum atomic E-state index is -1.69. The Bertz CT molecular complexity index is 2210. The minimum absolute atomic E-state index is 0.157. The molecular formula is C44H63N13O14. The predicted octanol–water partition coefficient (Wildman–Crippen LogP) is -3.11. The fourth-order valence-corrected chi connectivity index (χ4v) is 8.34. The lowest BCUT2D eigenvalue weighted by molar-refractivity contribution is -0.268. The maximum atomic E-state index is 14.0. The number of unbranched alkanes of at least 4 members (excludes halogenated alkanes) is 1. The molecule has 4 saturated heterocycles. The maximum absolute atomic E-state index is 14.0. The van der Waals surface area contributed by atoms with Crippen LogP contribution in [0.2, 0.25) is 0 Å². The van der Waals surface area contributed by atoms with Gasteiger partial charge < -0.3 is 99.2 Å². The second-order valence-corrected chi connectivity index (χ2v) is 16.9. The Hall–Kier alpha value is -6.85. The first-order chi connectivity index (χ1) is 34.0. The Kier molecular flexibility index (Phi) is 19.1. The van der Waals surface area contributed by atoms with Gasteiger partial charge in [-0.25, -0.2) is 33.9 Å². The number of aliphatic hydroxyl groups is 2. The van der Waals surface area contributed by atoms with Crippen molar-refractivity contribution < 1.29 is 67.4 Å². The third kappa shape index (κ3) is 14.4. The van der Waals surface area contributed by atoms with Crippen molar-refractivity contribution in [3.8, 4) is 5.75 Å². The molecule has 27 nitrogen and oxygen atoms in total. The number of carbonyl (C=O) groups excluding carboxylic acids is 6. The van der Waals surface area contributed by atoms with Crippen molar-refractivity contribution in [2.75, 3.05) is 39.4 Å². The number of fused-ring (bicyclic) bond motifs is 1. The van der Waals surface area contributed by atoms with Gasteiger partial charge in [0.15, 0.2) is 30.6 Å². The number of carbonyl (C=O) groups is 6. The fraction of sp³-hybridized carbons (Fsp3) is 0.523. The molecule has 4 aliphatic heterocycles. The molecule has 388 valence electrons. The average molecular weight is 998 g/mol. The van der Waals surface area contributed by atoms with E-state index in [2.05, 4.69) is 36.9 Å². The monoisotopic (exact) mass is 997 g/mol. The molecule has 0 spiro atoms. The number of amides is 9. The van der Waals surface area contributed by atoms with Crippen molar-refractivity contribution in [1.29, 1.82) is 0 Å². The third-order valence-electron chi connectivity index (χ3n) is 11.8. The van der Waals surface area contributed by atoms with Gasteiger partial charge in [0.2, 0.25) is 12.2 Å². The van der Waals surface area contributed by atoms with Crippen LogP contribution in [0.4, 0.5) is 19.2 Å². The molecule has 27 heteroatoms. The number of nitrogens with one attached hydrogen (secondary N) is 6. The Morgan fingerprint density at radius 2 is 1.62 bits per heavy atom. The highest BCUT2D eigenvalue weighted by Crippen LogP contribution is 2.31. The molecule has 4 aliphatic rings. The van der Waals surface area contributed by atoms with Crippen LogP contribution in [0, 0.1) is 0 Å². The van der Waals surface area contributed by atoms with Crippen LogP contribution >= 0.6 is 0 Å². The van der Waals surface area contributed by atoms with Crippen LogP contribution < -0.4 is 65.3 Å². The molecule has 13 atom stereocenters. The van der Waals surface area contributed by atoms with E-state index < -0.39 is 122 Å². The van der Waals surface area contributed by atoms with Gasteiger partial charge in [-0.15, -0.1) is 0 Å². The number of nitrogens with two attached hydrogens (primary N) is 5. The number of esters is 1. The number of benzene rings is 2. The van der Waals surface area contributed by atoms with Gasteiger partial charge >= 0.3 is 30.1 Å². The van der Waals surface area contributed by atoms with Crippen LogP contribution in [-0.2, 0) is 28.5 Å². The standard InChI is InChI=1S/C44H63N13O14/c1-22-29(54-43(64)56-36-31(53-41(48)62)34(60)27(21-66-36)70-39-33-30(26(58)20-67-39)55-44(65)57(33)42(49)63)35(71-37(61)24-8-3-2-4-9-24)32(52-40(46)47)38(68-22)69-25-13-10-23(11-14-25)12-15-28(59)51-19-7-18-50-17-6-5-16-45/h2-4,8-15,22,26-27,29-36,38-39,50,58,60H,5-7,16-21,45H2,1H3,(H2,49,63)(H,51,59)(H,55,65)(H4,46,47,52)(H3,48,53,62)(H2,54,56,64)/b15-12+/t22-,26-,27-,29-,30+,31-,32-,33-,34+,35+,36-,38-,39+/m1/s1. The third-order valence-corrected chi connectivity index (χ3v) is 11.8. The van der Waals surface area contributed by atoms with Gasteiger partial charge in [-0.2, -0.15) is 0 Å². The lowest BCUT2D eigenvalue weighted by Gasteiger charge is -2.45. The normalized spacial score (nSPS) is 29.2. The molecule has 9 amide bonds. The number of rotatable bonds is 20. The molecule has 0 aromatic heterocycles. The summed E-state index contributed by atoms with van der Waals surface area (Å²) in [5, 5.41) is 38.2. The molecule has 6 rings (SSSR count). The number of aliphatic hydroxyl groups excluding tert-OH is 2. The number of nitrogens with zero attached hydrogens (tertiary/aromatic N) is 2. The summed E-state index contributed by atoms with van der Waals surface area (Å²) in [6.45, 7) is 3.57. The van der Waals surface area contributed by atoms with Crippen LogP contribution in [0.5, 0.6) is 5.75 Å². The van der Waals surface area contributed by atoms with E-state index in [0.717, 1.165) is 32.4 Å². The number of guanidine groups is 1. The molecule has 2 aromatic carbocycles. The molecule has 18 N–H and O–H groups in total. The zero-order chi connectivity index (χ0) is 51.2. The number of hydrogen-bond donors (Lipinski definition) is 13. The number of urea groups is 4. The molecule has 4 fully saturated rings. The van der Waals surface area contributed by atoms with E-state index in [0.29, 0.717) is 23.6 Å². The van der Waals surface area contributed by atoms with Gasteiger partial charge in [0.25, 0.3) is 0 Å². The smallest absolute Gasteiger partial charge is 0.338 e. The van der Waals surface area contributed by atoms with Crippen molar-refractivity contribution in [2.45, 2.75) is 106 Å². The molecule has 0 aliphatic carbocycles. The number of aliphatic imine (C=N–C) groups is 1. The van der Waals surface area contributed by atoms with Crippen molar-refractivity contribution in [3.05, 3.63) is 71.8 Å². The van der Waals surface area contributed by atoms with Crippen LogP contribution in [-0.4, -0.2) is 176 Å². The van der Waals surface area contributed by atoms with Crippen LogP contribution in [0.3, 0.4) is 0 Å². The average Bonchev–Trinajstić information content (AvgIpc) is 3.70. The first-order valence-electron chi connectivity index (χ1n) is 22.9. The molecule has 0 radical (unpaired) electrons. The van der Waals surface area contributed by atoms with Crippen LogP contribution in [0.1, 0.15) is 42.1 Å². The van der Waals surface area contributed by atoms with E-state index >= 15 is 0 Å². The second kappa shape index (κ2) is 25.3. The quantitative estimate of drug-likeness (QED) is 0.0205. The first kappa shape index (κ1) is 53.5. The number of primary amides is 2. The van der Waals surface area contributed by atoms with Crippen molar-refractivity contribution in [3.63, 3.8) is 0 Å². The molecule has 71 heavy (non-hydrogen) atoms. The molecule has 2 aromatic rings. The molecule has 0 bridgehead atoms. The highest BCUT2D eigenvalue weighted by Gasteiger charge is 2.55. The van der Waals surface area contributed by atoms with E-state index in [-0.39, 0.29) is 23.8 Å². The molecule has 0 unspecified atom stereocenters. The van der Waals surface area contributed by atoms with Crippen molar-refractivity contribution in [1.82, 2.24) is 36.8 Å². The van der Waals surface area contributed by atoms with Gasteiger partial charge in [0.05, 0.1) is 43.1 Å². The summed E-state index contributed by atoms with van der Waals surface area (Å²) in [5.41, 5.74) is 29.0. The summed E-state index contributed by atoms with van der Waals surface area (Å²) < 4.78 is 36.0. The number of ether oxygens (including phenoxy) is 6. The maximum Gasteiger partial charge on any atom is 0.338 e. The van der Waals surface area contributed by atoms with Gasteiger partial charge in [0, 0.05) is 12.6 Å². The Morgan fingerprint density at radius 3 is 2.31 bits per heavy atom. The van der Waals surface area contributed by atoms with Crippen LogP contribution in [0.15, 0.2) is 65.7 Å². The van der Waals surface area contributed by atoms with Crippen molar-refractivity contribution >= 4 is 48.0 Å². The predicted molar refractivity (Wildman–Crippen MR) is 250 cm³/mol. The summed E-state index contributed by atoms with van der Waals surface area (Å²) in [4.78, 5) is 82.0. The van der Waals surface area contributed by atoms with E-state index in [4.69, 9.17) is 57.1 Å². The fourth-order valence-electron chi connectivity index (χ4n) is 8.34. The lowest BCUT2D eigenvalue weighted by Crippen LogP contribution is -2.70. The number of imide groups is 1. The van der Waals surface area contributed by atoms with E-state index in [1.165, 1.54) is 18.2 Å². The summed E-state index contributed by atoms with van der Waals surface area (Å²) in [7, 11) is 0. The van der Waals surface area contributed by atoms with E-state index in [9.17, 15) is 39.0 Å². The minimum Gasteiger partial charge on any atom is -0.462 e. The highest BCUT2D eigenvalue weighted by atomic mass is 16.7. The highest BCUT2D eigenvalue weighted by molar-refractivity contribution is 5.95. The van der Waals surface area contributed by atoms with Crippen molar-refractivity contribution in [2.24, 2.45) is 33.7 Å². The topological polar surface area (TPSA) is 416 Å². The van der Waals surface area contributed by atoms with Crippen LogP contribution in [0.25, 0.3) is 6.08 Å². The van der Waals surface area contributed by atoms with Gasteiger partial charge in [0.1, 0.15) is 30.0 Å². The SMILES string of the molecule is C[C@H]1O[C@H](Oc2ccc(/C=C/C(=O)NCCCNCCCCN)cc2)[C@H](N=C(N)N)[C@@H](OC(=O)c2ccccc2)[C@@H]1NC(=O)N[C@@H]1OC[C@@H](O[C@@H]2OC[C@@H](O)[C@@H]3NC(=O)N(C(N)=O)[C@@H]23)[C@H](O)[C@H]1NC(N)=O. The van der Waals surface area contributed by atoms with Gasteiger partial charge in [-0.1, -0.05) is 30.3 Å². The van der Waals surface area contributed by atoms with E-state index in [1.54, 1.807) is 55.5 Å². The molecule has 0 saturated carbocycles. The summed E-state index contributed by atoms with van der Waals surface area (Å²) in [5.74, 6) is -1.22. The summed E-state index contributed by atoms with van der Waals surface area (Å²) >= 11 is 0. The Balaban J connectivity index is 1.13. The first-order valence-corrected chi connectivity index (χ1v) is 22.9. The molecule has 4 heterocycles.